The molecule has 1 aliphatic heterocycles. The third-order valence-electron chi connectivity index (χ3n) is 4.15. The first kappa shape index (κ1) is 15.0. The number of aromatic nitrogens is 2. The SMILES string of the molecule is O=c1c(Br)c(N(CC2CCCN2)C2CC2)cnn1CCO. The largest absolute Gasteiger partial charge is 0.394 e. The van der Waals surface area contributed by atoms with E-state index in [0.717, 1.165) is 18.8 Å². The van der Waals surface area contributed by atoms with Gasteiger partial charge < -0.3 is 15.3 Å². The molecule has 1 saturated heterocycles. The van der Waals surface area contributed by atoms with Crippen molar-refractivity contribution in [2.45, 2.75) is 44.3 Å². The van der Waals surface area contributed by atoms with Crippen molar-refractivity contribution in [1.82, 2.24) is 15.1 Å². The molecule has 116 valence electrons. The number of aliphatic hydroxyl groups is 1. The average Bonchev–Trinajstić information content (AvgIpc) is 3.20. The van der Waals surface area contributed by atoms with E-state index in [9.17, 15) is 4.79 Å². The molecule has 2 N–H and O–H groups in total. The fraction of sp³-hybridized carbons (Fsp3) is 0.714. The van der Waals surface area contributed by atoms with Crippen LogP contribution in [0, 0.1) is 0 Å². The molecule has 1 aromatic heterocycles. The van der Waals surface area contributed by atoms with Gasteiger partial charge in [0.25, 0.3) is 5.56 Å². The van der Waals surface area contributed by atoms with Gasteiger partial charge in [-0.05, 0) is 48.2 Å². The van der Waals surface area contributed by atoms with Crippen LogP contribution >= 0.6 is 15.9 Å². The first-order valence-corrected chi connectivity index (χ1v) is 8.36. The van der Waals surface area contributed by atoms with E-state index in [1.807, 2.05) is 0 Å². The molecular weight excluding hydrogens is 336 g/mol. The van der Waals surface area contributed by atoms with E-state index in [-0.39, 0.29) is 18.7 Å². The molecule has 0 aromatic carbocycles. The molecule has 2 aliphatic rings. The highest BCUT2D eigenvalue weighted by molar-refractivity contribution is 9.10. The second-order valence-electron chi connectivity index (χ2n) is 5.77. The van der Waals surface area contributed by atoms with Crippen LogP contribution in [0.1, 0.15) is 25.7 Å². The standard InChI is InChI=1S/C14H21BrN4O2/c15-13-12(8-17-19(6-7-20)14(13)21)18(11-3-4-11)9-10-2-1-5-16-10/h8,10-11,16,20H,1-7,9H2. The highest BCUT2D eigenvalue weighted by atomic mass is 79.9. The van der Waals surface area contributed by atoms with E-state index in [0.29, 0.717) is 16.6 Å². The summed E-state index contributed by atoms with van der Waals surface area (Å²) in [6.45, 7) is 2.15. The summed E-state index contributed by atoms with van der Waals surface area (Å²) >= 11 is 3.43. The average molecular weight is 357 g/mol. The fourth-order valence-corrected chi connectivity index (χ4v) is 3.43. The van der Waals surface area contributed by atoms with Gasteiger partial charge in [0, 0.05) is 18.6 Å². The van der Waals surface area contributed by atoms with Gasteiger partial charge in [-0.3, -0.25) is 4.79 Å². The maximum atomic E-state index is 12.3. The molecule has 7 heteroatoms. The van der Waals surface area contributed by atoms with Crippen LogP contribution in [0.4, 0.5) is 5.69 Å². The van der Waals surface area contributed by atoms with Crippen molar-refractivity contribution >= 4 is 21.6 Å². The van der Waals surface area contributed by atoms with Crippen LogP contribution in [-0.4, -0.2) is 46.7 Å². The normalized spacial score (nSPS) is 21.7. The number of halogens is 1. The summed E-state index contributed by atoms with van der Waals surface area (Å²) in [5.41, 5.74) is 0.706. The number of aliphatic hydroxyl groups excluding tert-OH is 1. The van der Waals surface area contributed by atoms with Crippen LogP contribution in [0.15, 0.2) is 15.5 Å². The molecule has 21 heavy (non-hydrogen) atoms. The number of nitrogens with zero attached hydrogens (tertiary/aromatic N) is 3. The van der Waals surface area contributed by atoms with E-state index >= 15 is 0 Å². The molecule has 2 fully saturated rings. The first-order valence-electron chi connectivity index (χ1n) is 7.57. The minimum Gasteiger partial charge on any atom is -0.394 e. The highest BCUT2D eigenvalue weighted by Crippen LogP contribution is 2.34. The summed E-state index contributed by atoms with van der Waals surface area (Å²) in [5, 5.41) is 16.7. The Morgan fingerprint density at radius 1 is 1.48 bits per heavy atom. The lowest BCUT2D eigenvalue weighted by Crippen LogP contribution is -2.40. The van der Waals surface area contributed by atoms with Crippen molar-refractivity contribution in [3.63, 3.8) is 0 Å². The van der Waals surface area contributed by atoms with Crippen molar-refractivity contribution in [1.29, 1.82) is 0 Å². The van der Waals surface area contributed by atoms with E-state index < -0.39 is 0 Å². The van der Waals surface area contributed by atoms with Crippen LogP contribution in [-0.2, 0) is 6.54 Å². The van der Waals surface area contributed by atoms with Crippen LogP contribution in [0.3, 0.4) is 0 Å². The summed E-state index contributed by atoms with van der Waals surface area (Å²) < 4.78 is 1.85. The van der Waals surface area contributed by atoms with Crippen molar-refractivity contribution in [2.75, 3.05) is 24.6 Å². The zero-order chi connectivity index (χ0) is 14.8. The van der Waals surface area contributed by atoms with E-state index in [4.69, 9.17) is 5.11 Å². The summed E-state index contributed by atoms with van der Waals surface area (Å²) in [6.07, 6.45) is 6.52. The zero-order valence-corrected chi connectivity index (χ0v) is 13.5. The van der Waals surface area contributed by atoms with Gasteiger partial charge in [-0.1, -0.05) is 0 Å². The Morgan fingerprint density at radius 3 is 2.90 bits per heavy atom. The lowest BCUT2D eigenvalue weighted by molar-refractivity contribution is 0.266. The van der Waals surface area contributed by atoms with Gasteiger partial charge in [-0.25, -0.2) is 4.68 Å². The Labute approximate surface area is 132 Å². The van der Waals surface area contributed by atoms with Gasteiger partial charge in [0.1, 0.15) is 4.47 Å². The molecule has 2 heterocycles. The third kappa shape index (κ3) is 3.30. The minimum atomic E-state index is -0.174. The Hall–Kier alpha value is -0.920. The van der Waals surface area contributed by atoms with E-state index in [1.54, 1.807) is 6.20 Å². The Bertz CT molecular complexity index is 552. The number of hydrogen-bond acceptors (Lipinski definition) is 5. The number of rotatable bonds is 6. The highest BCUT2D eigenvalue weighted by Gasteiger charge is 2.33. The van der Waals surface area contributed by atoms with Gasteiger partial charge in [0.2, 0.25) is 0 Å². The fourth-order valence-electron chi connectivity index (χ4n) is 2.89. The van der Waals surface area contributed by atoms with Crippen LogP contribution in [0.25, 0.3) is 0 Å². The third-order valence-corrected chi connectivity index (χ3v) is 4.90. The van der Waals surface area contributed by atoms with Gasteiger partial charge in [-0.15, -0.1) is 0 Å². The van der Waals surface area contributed by atoms with Crippen molar-refractivity contribution in [3.8, 4) is 0 Å². The Morgan fingerprint density at radius 2 is 2.29 bits per heavy atom. The molecule has 1 unspecified atom stereocenters. The van der Waals surface area contributed by atoms with Crippen molar-refractivity contribution in [2.24, 2.45) is 0 Å². The minimum absolute atomic E-state index is 0.0863. The second-order valence-corrected chi connectivity index (χ2v) is 6.57. The first-order chi connectivity index (χ1) is 10.2. The number of hydrogen-bond donors (Lipinski definition) is 2. The molecule has 6 nitrogen and oxygen atoms in total. The maximum Gasteiger partial charge on any atom is 0.283 e. The lowest BCUT2D eigenvalue weighted by Gasteiger charge is -2.28. The van der Waals surface area contributed by atoms with Crippen LogP contribution in [0.2, 0.25) is 0 Å². The van der Waals surface area contributed by atoms with Crippen LogP contribution < -0.4 is 15.8 Å². The molecule has 1 saturated carbocycles. The second kappa shape index (κ2) is 6.46. The molecule has 1 aliphatic carbocycles. The Kier molecular flexibility index (Phi) is 4.61. The number of nitrogens with one attached hydrogen (secondary N) is 1. The predicted molar refractivity (Wildman–Crippen MR) is 84.7 cm³/mol. The van der Waals surface area contributed by atoms with Gasteiger partial charge in [0.05, 0.1) is 25.0 Å². The molecule has 0 bridgehead atoms. The maximum absolute atomic E-state index is 12.3. The van der Waals surface area contributed by atoms with Gasteiger partial charge in [-0.2, -0.15) is 5.10 Å². The molecule has 0 amide bonds. The molecule has 0 radical (unpaired) electrons. The van der Waals surface area contributed by atoms with Gasteiger partial charge in [0.15, 0.2) is 0 Å². The monoisotopic (exact) mass is 356 g/mol. The smallest absolute Gasteiger partial charge is 0.283 e. The summed E-state index contributed by atoms with van der Waals surface area (Å²) in [6, 6.07) is 1.02. The quantitative estimate of drug-likeness (QED) is 0.785. The summed E-state index contributed by atoms with van der Waals surface area (Å²) in [5.74, 6) is 0. The lowest BCUT2D eigenvalue weighted by atomic mass is 10.2. The van der Waals surface area contributed by atoms with E-state index in [2.05, 4.69) is 31.2 Å². The van der Waals surface area contributed by atoms with Crippen molar-refractivity contribution < 1.29 is 5.11 Å². The van der Waals surface area contributed by atoms with Crippen molar-refractivity contribution in [3.05, 3.63) is 21.0 Å². The molecule has 0 spiro atoms. The molecule has 1 aromatic rings. The topological polar surface area (TPSA) is 70.4 Å². The summed E-state index contributed by atoms with van der Waals surface area (Å²) in [4.78, 5) is 14.6. The van der Waals surface area contributed by atoms with Crippen LogP contribution in [0.5, 0.6) is 0 Å². The molecule has 3 rings (SSSR count). The summed E-state index contributed by atoms with van der Waals surface area (Å²) in [7, 11) is 0. The molecular formula is C14H21BrN4O2. The number of anilines is 1. The van der Waals surface area contributed by atoms with E-state index in [1.165, 1.54) is 30.4 Å². The zero-order valence-electron chi connectivity index (χ0n) is 12.0. The predicted octanol–water partition coefficient (Wildman–Crippen LogP) is 0.719. The molecule has 1 atom stereocenters. The Balaban J connectivity index is 1.85. The van der Waals surface area contributed by atoms with Gasteiger partial charge >= 0.3 is 0 Å².